The second kappa shape index (κ2) is 32.4. The van der Waals surface area contributed by atoms with Gasteiger partial charge < -0.3 is 14.8 Å². The lowest BCUT2D eigenvalue weighted by Gasteiger charge is -2.28. The number of hydrogen-bond donors (Lipinski definition) is 2. The van der Waals surface area contributed by atoms with E-state index in [9.17, 15) is 0 Å². The lowest BCUT2D eigenvalue weighted by atomic mass is 9.86. The normalized spacial score (nSPS) is 11.1. The average Bonchev–Trinajstić information content (AvgIpc) is 3.49. The Morgan fingerprint density at radius 2 is 0.917 bits per heavy atom. The zero-order valence-corrected chi connectivity index (χ0v) is 42.8. The number of allylic oxidation sites excluding steroid dienone is 4. The average molecular weight is 829 g/mol. The summed E-state index contributed by atoms with van der Waals surface area (Å²) in [4.78, 5) is 0. The molecule has 0 unspecified atom stereocenters. The molecule has 0 amide bonds. The molecule has 4 N–H and O–H groups in total. The monoisotopic (exact) mass is 829 g/mol. The molecule has 0 saturated heterocycles. The third-order valence-electron chi connectivity index (χ3n) is 9.90. The van der Waals surface area contributed by atoms with Crippen molar-refractivity contribution in [2.24, 2.45) is 22.5 Å². The Kier molecular flexibility index (Phi) is 32.4. The molecular formula is C53H92N6O. The molecule has 340 valence electrons. The van der Waals surface area contributed by atoms with E-state index in [4.69, 9.17) is 16.4 Å². The molecule has 4 aromatic rings. The number of benzene rings is 3. The zero-order valence-electron chi connectivity index (χ0n) is 42.8. The Balaban J connectivity index is -0.000000748. The molecule has 0 aliphatic rings. The number of hydrazine groups is 2. The van der Waals surface area contributed by atoms with Crippen LogP contribution in [0.25, 0.3) is 0 Å². The number of nitrogens with zero attached hydrogens (tertiary/aromatic N) is 4. The van der Waals surface area contributed by atoms with Crippen LogP contribution in [-0.4, -0.2) is 26.4 Å². The summed E-state index contributed by atoms with van der Waals surface area (Å²) < 4.78 is 7.49. The van der Waals surface area contributed by atoms with Crippen molar-refractivity contribution in [2.45, 2.75) is 172 Å². The van der Waals surface area contributed by atoms with Crippen LogP contribution in [0.2, 0.25) is 0 Å². The fourth-order valence-electron chi connectivity index (χ4n) is 5.28. The van der Waals surface area contributed by atoms with Gasteiger partial charge >= 0.3 is 0 Å². The molecule has 0 spiro atoms. The van der Waals surface area contributed by atoms with Crippen molar-refractivity contribution >= 4 is 0 Å². The minimum Gasteiger partial charge on any atom is -0.494 e. The van der Waals surface area contributed by atoms with Crippen LogP contribution in [-0.2, 0) is 19.6 Å². The third kappa shape index (κ3) is 22.9. The summed E-state index contributed by atoms with van der Waals surface area (Å²) in [5, 5.41) is 8.21. The molecule has 0 fully saturated rings. The fourth-order valence-corrected chi connectivity index (χ4v) is 5.28. The summed E-state index contributed by atoms with van der Waals surface area (Å²) in [5.41, 5.74) is 12.6. The molecule has 1 heterocycles. The van der Waals surface area contributed by atoms with Crippen molar-refractivity contribution in [2.75, 3.05) is 6.61 Å². The zero-order chi connectivity index (χ0) is 47.2. The summed E-state index contributed by atoms with van der Waals surface area (Å²) in [6, 6.07) is 28.8. The molecule has 7 nitrogen and oxygen atoms in total. The van der Waals surface area contributed by atoms with Crippen molar-refractivity contribution in [3.63, 3.8) is 0 Å². The molecule has 0 radical (unpaired) electrons. The first-order valence-corrected chi connectivity index (χ1v) is 22.5. The molecule has 0 atom stereocenters. The van der Waals surface area contributed by atoms with Gasteiger partial charge in [0.25, 0.3) is 0 Å². The maximum Gasteiger partial charge on any atom is 0.119 e. The molecule has 4 rings (SSSR count). The van der Waals surface area contributed by atoms with Gasteiger partial charge in [-0.3, -0.25) is 4.68 Å². The van der Waals surface area contributed by atoms with Gasteiger partial charge in [-0.05, 0) is 112 Å². The Morgan fingerprint density at radius 3 is 1.20 bits per heavy atom. The first-order valence-electron chi connectivity index (χ1n) is 22.5. The molecule has 60 heavy (non-hydrogen) atoms. The van der Waals surface area contributed by atoms with E-state index in [2.05, 4.69) is 136 Å². The topological polar surface area (TPSA) is 85.6 Å². The smallest absolute Gasteiger partial charge is 0.119 e. The molecule has 0 aliphatic heterocycles. The molecule has 0 saturated carbocycles. The van der Waals surface area contributed by atoms with Gasteiger partial charge in [-0.2, -0.15) is 5.10 Å². The van der Waals surface area contributed by atoms with Crippen molar-refractivity contribution in [3.8, 4) is 5.75 Å². The highest BCUT2D eigenvalue weighted by molar-refractivity contribution is 5.29. The Hall–Kier alpha value is -4.33. The highest BCUT2D eigenvalue weighted by Gasteiger charge is 2.18. The van der Waals surface area contributed by atoms with Crippen LogP contribution in [0.5, 0.6) is 5.75 Å². The van der Waals surface area contributed by atoms with Crippen molar-refractivity contribution in [3.05, 3.63) is 141 Å². The van der Waals surface area contributed by atoms with Gasteiger partial charge in [-0.15, -0.1) is 0 Å². The van der Waals surface area contributed by atoms with Crippen molar-refractivity contribution < 1.29 is 4.74 Å². The summed E-state index contributed by atoms with van der Waals surface area (Å²) in [6.45, 7) is 49.0. The number of aryl methyl sites for hydroxylation is 1. The van der Waals surface area contributed by atoms with Crippen molar-refractivity contribution in [1.82, 2.24) is 19.8 Å². The van der Waals surface area contributed by atoms with Crippen LogP contribution < -0.4 is 16.4 Å². The number of aromatic nitrogens is 2. The van der Waals surface area contributed by atoms with Crippen LogP contribution in [0.3, 0.4) is 0 Å². The van der Waals surface area contributed by atoms with Gasteiger partial charge in [0.2, 0.25) is 0 Å². The predicted molar refractivity (Wildman–Crippen MR) is 267 cm³/mol. The number of nitrogens with two attached hydrogens (primary N) is 2. The summed E-state index contributed by atoms with van der Waals surface area (Å²) >= 11 is 0. The number of rotatable bonds is 10. The van der Waals surface area contributed by atoms with Gasteiger partial charge in [-0.25, -0.2) is 11.7 Å². The minimum absolute atomic E-state index is 0.165. The van der Waals surface area contributed by atoms with E-state index >= 15 is 0 Å². The maximum absolute atomic E-state index is 6.12. The standard InChI is InChI=1S/C15H20N2O.2C15H24N2.4C2H6/c1-5-18-15-8-6-14(7-9-15)10-17-13(4)11(2)12(3)16-17;2*1-12(15(3,4)5)13(2)17(16)11-14-9-7-6-8-10-14;4*1-2/h6-9H,5,10H2,1-4H3;2*6-10H,11,16H2,1-5H3;4*1-2H3/b;2*13-12-;;;;. The first-order chi connectivity index (χ1) is 28.3. The van der Waals surface area contributed by atoms with E-state index in [0.29, 0.717) is 6.61 Å². The summed E-state index contributed by atoms with van der Waals surface area (Å²) in [5.74, 6) is 13.2. The van der Waals surface area contributed by atoms with E-state index in [1.807, 2.05) is 121 Å². The maximum atomic E-state index is 6.12. The van der Waals surface area contributed by atoms with E-state index in [1.165, 1.54) is 39.1 Å². The Bertz CT molecular complexity index is 1630. The van der Waals surface area contributed by atoms with Gasteiger partial charge in [0, 0.05) is 17.1 Å². The van der Waals surface area contributed by atoms with E-state index < -0.39 is 0 Å². The minimum atomic E-state index is 0.165. The molecule has 0 aliphatic carbocycles. The summed E-state index contributed by atoms with van der Waals surface area (Å²) in [6.07, 6.45) is 0. The Labute approximate surface area is 371 Å². The van der Waals surface area contributed by atoms with Crippen LogP contribution in [0.4, 0.5) is 0 Å². The SMILES string of the molecule is C/C(=C(\C)C(C)(C)C)N(N)Cc1ccccc1.C/C(=C(\C)C(C)(C)C)N(N)Cc1ccccc1.CC.CC.CC.CC.CCOc1ccc(Cn2nc(C)c(C)c2C)cc1. The van der Waals surface area contributed by atoms with Crippen LogP contribution >= 0.6 is 0 Å². The van der Waals surface area contributed by atoms with Crippen LogP contribution in [0, 0.1) is 31.6 Å². The molecular weight excluding hydrogens is 737 g/mol. The van der Waals surface area contributed by atoms with Crippen LogP contribution in [0.1, 0.15) is 165 Å². The van der Waals surface area contributed by atoms with Gasteiger partial charge in [0.1, 0.15) is 5.75 Å². The quantitative estimate of drug-likeness (QED) is 0.122. The summed E-state index contributed by atoms with van der Waals surface area (Å²) in [7, 11) is 0. The van der Waals surface area contributed by atoms with Crippen LogP contribution in [0.15, 0.2) is 107 Å². The third-order valence-corrected chi connectivity index (χ3v) is 9.90. The highest BCUT2D eigenvalue weighted by Crippen LogP contribution is 2.29. The van der Waals surface area contributed by atoms with E-state index in [1.54, 1.807) is 0 Å². The molecule has 0 bridgehead atoms. The lowest BCUT2D eigenvalue weighted by Crippen LogP contribution is -2.30. The second-order valence-corrected chi connectivity index (χ2v) is 15.7. The second-order valence-electron chi connectivity index (χ2n) is 15.7. The number of ether oxygens (including phenoxy) is 1. The lowest BCUT2D eigenvalue weighted by molar-refractivity contribution is 0.334. The molecule has 7 heteroatoms. The highest BCUT2D eigenvalue weighted by atomic mass is 16.5. The van der Waals surface area contributed by atoms with Gasteiger partial charge in [0.15, 0.2) is 0 Å². The van der Waals surface area contributed by atoms with Gasteiger partial charge in [-0.1, -0.05) is 170 Å². The first kappa shape index (κ1) is 60.0. The largest absolute Gasteiger partial charge is 0.494 e. The van der Waals surface area contributed by atoms with Crippen molar-refractivity contribution in [1.29, 1.82) is 0 Å². The number of hydrogen-bond acceptors (Lipinski definition) is 6. The predicted octanol–water partition coefficient (Wildman–Crippen LogP) is 14.8. The molecule has 1 aromatic heterocycles. The Morgan fingerprint density at radius 1 is 0.567 bits per heavy atom. The molecule has 3 aromatic carbocycles. The van der Waals surface area contributed by atoms with Gasteiger partial charge in [0.05, 0.1) is 31.9 Å². The van der Waals surface area contributed by atoms with E-state index in [-0.39, 0.29) is 10.8 Å². The van der Waals surface area contributed by atoms with E-state index in [0.717, 1.165) is 42.5 Å². The fraction of sp³-hybridized carbons (Fsp3) is 0.528.